The summed E-state index contributed by atoms with van der Waals surface area (Å²) in [4.78, 5) is 0. The standard InChI is InChI=1S/C11H18/c1-7-5-9-6-10(8(7)2)11(9,3)4/h7,9-10H,2,5-6H2,1,3-4H3/t7?,9-,10-/m0/s1. The molecule has 0 N–H and O–H groups in total. The van der Waals surface area contributed by atoms with Gasteiger partial charge in [0, 0.05) is 0 Å². The van der Waals surface area contributed by atoms with E-state index in [1.165, 1.54) is 18.4 Å². The van der Waals surface area contributed by atoms with Crippen LogP contribution in [0.3, 0.4) is 0 Å². The van der Waals surface area contributed by atoms with E-state index in [9.17, 15) is 0 Å². The highest BCUT2D eigenvalue weighted by Crippen LogP contribution is 2.62. The van der Waals surface area contributed by atoms with E-state index < -0.39 is 0 Å². The fourth-order valence-electron chi connectivity index (χ4n) is 2.97. The molecule has 3 rings (SSSR count). The Hall–Kier alpha value is -0.260. The van der Waals surface area contributed by atoms with E-state index in [0.29, 0.717) is 5.41 Å². The Morgan fingerprint density at radius 2 is 2.00 bits per heavy atom. The molecule has 11 heavy (non-hydrogen) atoms. The maximum Gasteiger partial charge on any atom is -0.0146 e. The molecule has 0 saturated heterocycles. The van der Waals surface area contributed by atoms with Crippen LogP contribution in [0.25, 0.3) is 0 Å². The maximum atomic E-state index is 4.21. The highest BCUT2D eigenvalue weighted by molar-refractivity contribution is 5.21. The van der Waals surface area contributed by atoms with E-state index in [1.807, 2.05) is 0 Å². The molecule has 0 aromatic heterocycles. The highest BCUT2D eigenvalue weighted by Gasteiger charge is 2.53. The molecule has 1 unspecified atom stereocenters. The quantitative estimate of drug-likeness (QED) is 0.465. The predicted molar refractivity (Wildman–Crippen MR) is 48.3 cm³/mol. The summed E-state index contributed by atoms with van der Waals surface area (Å²) in [5.74, 6) is 2.64. The first-order valence-corrected chi connectivity index (χ1v) is 4.72. The minimum absolute atomic E-state index is 0.587. The van der Waals surface area contributed by atoms with Crippen molar-refractivity contribution in [2.75, 3.05) is 0 Å². The zero-order chi connectivity index (χ0) is 8.22. The number of hydrogen-bond donors (Lipinski definition) is 0. The number of allylic oxidation sites excluding steroid dienone is 1. The summed E-state index contributed by atoms with van der Waals surface area (Å²) in [7, 11) is 0. The van der Waals surface area contributed by atoms with Crippen LogP contribution in [0.1, 0.15) is 33.6 Å². The first-order valence-electron chi connectivity index (χ1n) is 4.72. The summed E-state index contributed by atoms with van der Waals surface area (Å²) < 4.78 is 0. The van der Waals surface area contributed by atoms with Gasteiger partial charge in [0.05, 0.1) is 0 Å². The number of hydrogen-bond acceptors (Lipinski definition) is 0. The van der Waals surface area contributed by atoms with Crippen molar-refractivity contribution < 1.29 is 0 Å². The Morgan fingerprint density at radius 1 is 1.36 bits per heavy atom. The van der Waals surface area contributed by atoms with Gasteiger partial charge < -0.3 is 0 Å². The molecule has 3 aliphatic carbocycles. The van der Waals surface area contributed by atoms with Gasteiger partial charge in [0.15, 0.2) is 0 Å². The van der Waals surface area contributed by atoms with Crippen molar-refractivity contribution in [3.63, 3.8) is 0 Å². The van der Waals surface area contributed by atoms with Crippen molar-refractivity contribution in [2.24, 2.45) is 23.2 Å². The topological polar surface area (TPSA) is 0 Å². The zero-order valence-corrected chi connectivity index (χ0v) is 7.85. The second kappa shape index (κ2) is 1.91. The lowest BCUT2D eigenvalue weighted by Crippen LogP contribution is -2.51. The maximum absolute atomic E-state index is 4.21. The van der Waals surface area contributed by atoms with Crippen LogP contribution in [-0.4, -0.2) is 0 Å². The summed E-state index contributed by atoms with van der Waals surface area (Å²) in [5, 5.41) is 0. The molecule has 62 valence electrons. The largest absolute Gasteiger partial charge is 0.0993 e. The van der Waals surface area contributed by atoms with E-state index in [1.54, 1.807) is 0 Å². The molecule has 0 heterocycles. The molecule has 3 fully saturated rings. The molecular weight excluding hydrogens is 132 g/mol. The molecule has 0 amide bonds. The molecule has 3 aliphatic rings. The third kappa shape index (κ3) is 0.758. The summed E-state index contributed by atoms with van der Waals surface area (Å²) in [6, 6.07) is 0. The smallest absolute Gasteiger partial charge is 0.0146 e. The van der Waals surface area contributed by atoms with Crippen LogP contribution >= 0.6 is 0 Å². The van der Waals surface area contributed by atoms with Crippen LogP contribution in [0.4, 0.5) is 0 Å². The van der Waals surface area contributed by atoms with Crippen molar-refractivity contribution in [2.45, 2.75) is 33.6 Å². The van der Waals surface area contributed by atoms with E-state index >= 15 is 0 Å². The predicted octanol–water partition coefficient (Wildman–Crippen LogP) is 3.24. The van der Waals surface area contributed by atoms with Gasteiger partial charge in [-0.2, -0.15) is 0 Å². The van der Waals surface area contributed by atoms with Gasteiger partial charge in [0.25, 0.3) is 0 Å². The molecule has 3 saturated carbocycles. The van der Waals surface area contributed by atoms with Gasteiger partial charge >= 0.3 is 0 Å². The van der Waals surface area contributed by atoms with Crippen molar-refractivity contribution in [3.8, 4) is 0 Å². The second-order valence-corrected chi connectivity index (χ2v) is 5.02. The lowest BCUT2D eigenvalue weighted by molar-refractivity contribution is -0.0438. The minimum Gasteiger partial charge on any atom is -0.0993 e. The Kier molecular flexibility index (Phi) is 1.28. The lowest BCUT2D eigenvalue weighted by Gasteiger charge is -2.59. The Balaban J connectivity index is 2.23. The summed E-state index contributed by atoms with van der Waals surface area (Å²) >= 11 is 0. The average molecular weight is 150 g/mol. The van der Waals surface area contributed by atoms with Crippen molar-refractivity contribution >= 4 is 0 Å². The molecule has 0 radical (unpaired) electrons. The van der Waals surface area contributed by atoms with Crippen molar-refractivity contribution in [1.82, 2.24) is 0 Å². The first kappa shape index (κ1) is 7.39. The summed E-state index contributed by atoms with van der Waals surface area (Å²) in [6.45, 7) is 11.4. The van der Waals surface area contributed by atoms with Crippen LogP contribution in [-0.2, 0) is 0 Å². The third-order valence-electron chi connectivity index (χ3n) is 4.19. The van der Waals surface area contributed by atoms with E-state index in [4.69, 9.17) is 0 Å². The van der Waals surface area contributed by atoms with Gasteiger partial charge in [-0.3, -0.25) is 0 Å². The summed E-state index contributed by atoms with van der Waals surface area (Å²) in [5.41, 5.74) is 2.11. The van der Waals surface area contributed by atoms with Crippen LogP contribution in [0, 0.1) is 23.2 Å². The Morgan fingerprint density at radius 3 is 2.36 bits per heavy atom. The molecule has 0 aromatic rings. The van der Waals surface area contributed by atoms with Crippen LogP contribution in [0.2, 0.25) is 0 Å². The van der Waals surface area contributed by atoms with Gasteiger partial charge in [-0.15, -0.1) is 0 Å². The molecule has 0 aliphatic heterocycles. The van der Waals surface area contributed by atoms with Crippen molar-refractivity contribution in [3.05, 3.63) is 12.2 Å². The van der Waals surface area contributed by atoms with E-state index in [2.05, 4.69) is 27.4 Å². The van der Waals surface area contributed by atoms with Gasteiger partial charge in [0.1, 0.15) is 0 Å². The van der Waals surface area contributed by atoms with Crippen LogP contribution < -0.4 is 0 Å². The highest BCUT2D eigenvalue weighted by atomic mass is 14.6. The van der Waals surface area contributed by atoms with Crippen LogP contribution in [0.5, 0.6) is 0 Å². The Bertz CT molecular complexity index is 200. The fraction of sp³-hybridized carbons (Fsp3) is 0.818. The molecular formula is C11H18. The van der Waals surface area contributed by atoms with Gasteiger partial charge in [-0.05, 0) is 36.0 Å². The van der Waals surface area contributed by atoms with Gasteiger partial charge in [0.2, 0.25) is 0 Å². The molecule has 0 aromatic carbocycles. The van der Waals surface area contributed by atoms with E-state index in [0.717, 1.165) is 17.8 Å². The second-order valence-electron chi connectivity index (χ2n) is 5.02. The van der Waals surface area contributed by atoms with Crippen molar-refractivity contribution in [1.29, 1.82) is 0 Å². The SMILES string of the molecule is C=C1C(C)C[C@H]2C[C@@H]1C2(C)C. The fourth-order valence-corrected chi connectivity index (χ4v) is 2.97. The Labute approximate surface area is 69.7 Å². The normalized spacial score (nSPS) is 46.8. The van der Waals surface area contributed by atoms with Gasteiger partial charge in [-0.25, -0.2) is 0 Å². The monoisotopic (exact) mass is 150 g/mol. The molecule has 2 bridgehead atoms. The van der Waals surface area contributed by atoms with Crippen LogP contribution in [0.15, 0.2) is 12.2 Å². The summed E-state index contributed by atoms with van der Waals surface area (Å²) in [6.07, 6.45) is 2.82. The minimum atomic E-state index is 0.587. The molecule has 0 heteroatoms. The number of rotatable bonds is 0. The zero-order valence-electron chi connectivity index (χ0n) is 7.85. The third-order valence-corrected chi connectivity index (χ3v) is 4.19. The molecule has 0 nitrogen and oxygen atoms in total. The average Bonchev–Trinajstić information content (AvgIpc) is 1.93. The molecule has 3 atom stereocenters. The van der Waals surface area contributed by atoms with E-state index in [-0.39, 0.29) is 0 Å². The first-order chi connectivity index (χ1) is 5.03. The number of fused-ring (bicyclic) bond motifs is 2. The molecule has 0 spiro atoms. The van der Waals surface area contributed by atoms with Gasteiger partial charge in [-0.1, -0.05) is 32.9 Å². The lowest BCUT2D eigenvalue weighted by atomic mass is 9.45.